The average Bonchev–Trinajstić information content (AvgIpc) is 2.73. The number of ether oxygens (including phenoxy) is 1. The number of nitrogens with zero attached hydrogens (tertiary/aromatic N) is 1. The third kappa shape index (κ3) is 5.22. The number of rotatable bonds is 5. The van der Waals surface area contributed by atoms with E-state index >= 15 is 0 Å². The smallest absolute Gasteiger partial charge is 0.416 e. The molecule has 1 amide bonds. The predicted octanol–water partition coefficient (Wildman–Crippen LogP) is 5.01. The SMILES string of the molecule is CCOC(=O)CC1CCC(C(=O)N2c3ccc(C(F)(F)F)cc3C(O)CC2CC)CC1. The largest absolute Gasteiger partial charge is 0.466 e. The van der Waals surface area contributed by atoms with E-state index in [9.17, 15) is 27.9 Å². The lowest BCUT2D eigenvalue weighted by Gasteiger charge is -2.42. The topological polar surface area (TPSA) is 66.8 Å². The number of fused-ring (bicyclic) bond motifs is 1. The van der Waals surface area contributed by atoms with Gasteiger partial charge in [0.1, 0.15) is 0 Å². The summed E-state index contributed by atoms with van der Waals surface area (Å²) >= 11 is 0. The minimum atomic E-state index is -4.51. The van der Waals surface area contributed by atoms with Crippen molar-refractivity contribution < 1.29 is 32.6 Å². The van der Waals surface area contributed by atoms with Gasteiger partial charge in [-0.1, -0.05) is 6.92 Å². The van der Waals surface area contributed by atoms with Gasteiger partial charge in [0, 0.05) is 29.6 Å². The molecule has 2 atom stereocenters. The van der Waals surface area contributed by atoms with E-state index in [-0.39, 0.29) is 41.7 Å². The van der Waals surface area contributed by atoms with Crippen LogP contribution in [0.2, 0.25) is 0 Å². The molecule has 1 aromatic carbocycles. The van der Waals surface area contributed by atoms with Gasteiger partial charge in [-0.05, 0) is 69.6 Å². The van der Waals surface area contributed by atoms with Crippen molar-refractivity contribution in [2.45, 2.75) is 77.1 Å². The first-order valence-corrected chi connectivity index (χ1v) is 11.0. The monoisotopic (exact) mass is 441 g/mol. The molecule has 1 heterocycles. The van der Waals surface area contributed by atoms with Crippen molar-refractivity contribution in [3.63, 3.8) is 0 Å². The van der Waals surface area contributed by atoms with E-state index in [1.807, 2.05) is 6.92 Å². The highest BCUT2D eigenvalue weighted by Gasteiger charge is 2.40. The van der Waals surface area contributed by atoms with Crippen molar-refractivity contribution in [1.29, 1.82) is 0 Å². The lowest BCUT2D eigenvalue weighted by atomic mass is 9.79. The number of halogens is 3. The van der Waals surface area contributed by atoms with Crippen LogP contribution in [0.3, 0.4) is 0 Å². The molecule has 1 aliphatic carbocycles. The summed E-state index contributed by atoms with van der Waals surface area (Å²) in [5, 5.41) is 10.5. The molecule has 0 aromatic heterocycles. The molecule has 31 heavy (non-hydrogen) atoms. The zero-order chi connectivity index (χ0) is 22.8. The van der Waals surface area contributed by atoms with Crippen LogP contribution in [0.5, 0.6) is 0 Å². The van der Waals surface area contributed by atoms with Crippen LogP contribution in [0.4, 0.5) is 18.9 Å². The molecule has 172 valence electrons. The first kappa shape index (κ1) is 23.6. The number of anilines is 1. The number of amides is 1. The second-order valence-electron chi connectivity index (χ2n) is 8.52. The molecule has 8 heteroatoms. The van der Waals surface area contributed by atoms with Crippen molar-refractivity contribution in [3.05, 3.63) is 29.3 Å². The summed E-state index contributed by atoms with van der Waals surface area (Å²) in [5.74, 6) is -0.371. The number of hydrogen-bond donors (Lipinski definition) is 1. The Morgan fingerprint density at radius 2 is 1.84 bits per heavy atom. The second-order valence-corrected chi connectivity index (χ2v) is 8.52. The van der Waals surface area contributed by atoms with Crippen molar-refractivity contribution >= 4 is 17.6 Å². The fourth-order valence-corrected chi connectivity index (χ4v) is 4.82. The van der Waals surface area contributed by atoms with Crippen molar-refractivity contribution in [2.24, 2.45) is 11.8 Å². The van der Waals surface area contributed by atoms with E-state index in [2.05, 4.69) is 0 Å². The lowest BCUT2D eigenvalue weighted by molar-refractivity contribution is -0.144. The first-order valence-electron chi connectivity index (χ1n) is 11.0. The molecule has 1 saturated carbocycles. The molecule has 5 nitrogen and oxygen atoms in total. The number of benzene rings is 1. The summed E-state index contributed by atoms with van der Waals surface area (Å²) in [6.45, 7) is 4.02. The second kappa shape index (κ2) is 9.59. The third-order valence-corrected chi connectivity index (χ3v) is 6.50. The van der Waals surface area contributed by atoms with Gasteiger partial charge >= 0.3 is 12.1 Å². The molecular formula is C23H30F3NO4. The summed E-state index contributed by atoms with van der Waals surface area (Å²) in [5.41, 5.74) is -0.298. The fraction of sp³-hybridized carbons (Fsp3) is 0.652. The van der Waals surface area contributed by atoms with Gasteiger partial charge in [0.05, 0.1) is 18.3 Å². The van der Waals surface area contributed by atoms with Gasteiger partial charge in [0.15, 0.2) is 0 Å². The van der Waals surface area contributed by atoms with Gasteiger partial charge in [0.25, 0.3) is 0 Å². The fourth-order valence-electron chi connectivity index (χ4n) is 4.82. The minimum absolute atomic E-state index is 0.102. The maximum atomic E-state index is 13.4. The van der Waals surface area contributed by atoms with E-state index < -0.39 is 17.8 Å². The normalized spacial score (nSPS) is 26.3. The molecule has 2 unspecified atom stereocenters. The Morgan fingerprint density at radius 1 is 1.16 bits per heavy atom. The van der Waals surface area contributed by atoms with Gasteiger partial charge in [-0.25, -0.2) is 0 Å². The zero-order valence-corrected chi connectivity index (χ0v) is 18.0. The molecule has 0 bridgehead atoms. The highest BCUT2D eigenvalue weighted by molar-refractivity contribution is 5.97. The van der Waals surface area contributed by atoms with E-state index in [4.69, 9.17) is 4.74 Å². The average molecular weight is 441 g/mol. The summed E-state index contributed by atoms with van der Waals surface area (Å²) < 4.78 is 44.5. The Labute approximate surface area is 180 Å². The van der Waals surface area contributed by atoms with Gasteiger partial charge in [0.2, 0.25) is 5.91 Å². The van der Waals surface area contributed by atoms with Crippen LogP contribution in [0.1, 0.15) is 76.0 Å². The van der Waals surface area contributed by atoms with E-state index in [0.717, 1.165) is 25.0 Å². The Balaban J connectivity index is 1.77. The molecule has 1 aliphatic heterocycles. The summed E-state index contributed by atoms with van der Waals surface area (Å²) in [7, 11) is 0. The Morgan fingerprint density at radius 3 is 2.42 bits per heavy atom. The summed E-state index contributed by atoms with van der Waals surface area (Å²) in [6.07, 6.45) is -1.64. The van der Waals surface area contributed by atoms with Crippen molar-refractivity contribution in [3.8, 4) is 0 Å². The first-order chi connectivity index (χ1) is 14.7. The van der Waals surface area contributed by atoms with Crippen LogP contribution in [-0.4, -0.2) is 29.6 Å². The lowest BCUT2D eigenvalue weighted by Crippen LogP contribution is -2.48. The van der Waals surface area contributed by atoms with Crippen LogP contribution < -0.4 is 4.90 Å². The molecule has 0 spiro atoms. The number of carbonyl (C=O) groups is 2. The molecule has 1 N–H and O–H groups in total. The van der Waals surface area contributed by atoms with Crippen LogP contribution >= 0.6 is 0 Å². The third-order valence-electron chi connectivity index (χ3n) is 6.50. The number of alkyl halides is 3. The molecule has 1 fully saturated rings. The van der Waals surface area contributed by atoms with Crippen LogP contribution in [-0.2, 0) is 20.5 Å². The molecule has 0 saturated heterocycles. The number of esters is 1. The zero-order valence-electron chi connectivity index (χ0n) is 18.0. The maximum Gasteiger partial charge on any atom is 0.416 e. The van der Waals surface area contributed by atoms with Crippen LogP contribution in [0.15, 0.2) is 18.2 Å². The van der Waals surface area contributed by atoms with E-state index in [1.165, 1.54) is 6.07 Å². The molecule has 0 radical (unpaired) electrons. The Kier molecular flexibility index (Phi) is 7.29. The summed E-state index contributed by atoms with van der Waals surface area (Å²) in [4.78, 5) is 26.8. The van der Waals surface area contributed by atoms with Crippen molar-refractivity contribution in [2.75, 3.05) is 11.5 Å². The molecule has 3 rings (SSSR count). The van der Waals surface area contributed by atoms with E-state index in [1.54, 1.807) is 11.8 Å². The van der Waals surface area contributed by atoms with E-state index in [0.29, 0.717) is 38.0 Å². The highest BCUT2D eigenvalue weighted by atomic mass is 19.4. The summed E-state index contributed by atoms with van der Waals surface area (Å²) in [6, 6.07) is 2.99. The number of carbonyl (C=O) groups excluding carboxylic acids is 2. The van der Waals surface area contributed by atoms with Gasteiger partial charge in [-0.15, -0.1) is 0 Å². The molecule has 1 aromatic rings. The predicted molar refractivity (Wildman–Crippen MR) is 109 cm³/mol. The molecular weight excluding hydrogens is 411 g/mol. The quantitative estimate of drug-likeness (QED) is 0.652. The van der Waals surface area contributed by atoms with Crippen molar-refractivity contribution in [1.82, 2.24) is 0 Å². The number of aliphatic hydroxyl groups excluding tert-OH is 1. The van der Waals surface area contributed by atoms with Crippen LogP contribution in [0.25, 0.3) is 0 Å². The Bertz CT molecular complexity index is 803. The maximum absolute atomic E-state index is 13.4. The number of aliphatic hydroxyl groups is 1. The Hall–Kier alpha value is -2.09. The highest BCUT2D eigenvalue weighted by Crippen LogP contribution is 2.43. The van der Waals surface area contributed by atoms with Gasteiger partial charge < -0.3 is 14.7 Å². The standard InChI is InChI=1S/C23H30F3NO4/c1-3-17-13-20(28)18-12-16(23(24,25)26)9-10-19(18)27(17)22(30)15-7-5-14(6-8-15)11-21(29)31-4-2/h9-10,12,14-15,17,20,28H,3-8,11,13H2,1-2H3. The minimum Gasteiger partial charge on any atom is -0.466 e. The molecule has 2 aliphatic rings. The van der Waals surface area contributed by atoms with Gasteiger partial charge in [-0.2, -0.15) is 13.2 Å². The number of hydrogen-bond acceptors (Lipinski definition) is 4. The van der Waals surface area contributed by atoms with Crippen LogP contribution in [0, 0.1) is 11.8 Å². The van der Waals surface area contributed by atoms with Gasteiger partial charge in [-0.3, -0.25) is 9.59 Å².